The lowest BCUT2D eigenvalue weighted by Gasteiger charge is -2.10. The third-order valence-corrected chi connectivity index (χ3v) is 1.89. The molecule has 0 spiro atoms. The highest BCUT2D eigenvalue weighted by molar-refractivity contribution is 6.30. The third kappa shape index (κ3) is 3.83. The van der Waals surface area contributed by atoms with Crippen molar-refractivity contribution in [3.8, 4) is 0 Å². The molecule has 0 aromatic carbocycles. The fraction of sp³-hybridized carbons (Fsp3) is 0.333. The SMILES string of the molecule is COCC(N)C(=O)Nc1ccc(Cl)cn1. The first-order valence-corrected chi connectivity index (χ1v) is 4.68. The van der Waals surface area contributed by atoms with Crippen LogP contribution in [0.5, 0.6) is 0 Å². The molecule has 15 heavy (non-hydrogen) atoms. The molecule has 0 radical (unpaired) electrons. The van der Waals surface area contributed by atoms with Gasteiger partial charge in [-0.05, 0) is 12.1 Å². The monoisotopic (exact) mass is 229 g/mol. The Bertz CT molecular complexity index is 329. The third-order valence-electron chi connectivity index (χ3n) is 1.66. The minimum atomic E-state index is -0.701. The zero-order valence-electron chi connectivity index (χ0n) is 8.24. The minimum absolute atomic E-state index is 0.166. The molecular formula is C9H12ClN3O2. The van der Waals surface area contributed by atoms with E-state index in [1.165, 1.54) is 13.3 Å². The van der Waals surface area contributed by atoms with E-state index in [2.05, 4.69) is 10.3 Å². The van der Waals surface area contributed by atoms with E-state index < -0.39 is 6.04 Å². The summed E-state index contributed by atoms with van der Waals surface area (Å²) in [6.07, 6.45) is 1.44. The number of halogens is 1. The van der Waals surface area contributed by atoms with Gasteiger partial charge in [-0.15, -0.1) is 0 Å². The molecule has 0 fully saturated rings. The van der Waals surface area contributed by atoms with Crippen molar-refractivity contribution in [2.45, 2.75) is 6.04 Å². The van der Waals surface area contributed by atoms with Crippen LogP contribution in [0.3, 0.4) is 0 Å². The highest BCUT2D eigenvalue weighted by Gasteiger charge is 2.13. The van der Waals surface area contributed by atoms with Crippen molar-refractivity contribution in [3.05, 3.63) is 23.4 Å². The van der Waals surface area contributed by atoms with Crippen LogP contribution >= 0.6 is 11.6 Å². The average molecular weight is 230 g/mol. The lowest BCUT2D eigenvalue weighted by Crippen LogP contribution is -2.39. The number of rotatable bonds is 4. The first-order valence-electron chi connectivity index (χ1n) is 4.30. The molecule has 82 valence electrons. The van der Waals surface area contributed by atoms with Gasteiger partial charge in [0.2, 0.25) is 5.91 Å². The topological polar surface area (TPSA) is 77.2 Å². The summed E-state index contributed by atoms with van der Waals surface area (Å²) in [4.78, 5) is 15.3. The second-order valence-corrected chi connectivity index (χ2v) is 3.35. The van der Waals surface area contributed by atoms with Crippen LogP contribution in [0.1, 0.15) is 0 Å². The standard InChI is InChI=1S/C9H12ClN3O2/c1-15-5-7(11)9(14)13-8-3-2-6(10)4-12-8/h2-4,7H,5,11H2,1H3,(H,12,13,14). The molecule has 0 aliphatic rings. The molecule has 1 aromatic rings. The van der Waals surface area contributed by atoms with Crippen molar-refractivity contribution < 1.29 is 9.53 Å². The molecule has 0 aliphatic carbocycles. The Labute approximate surface area is 92.6 Å². The van der Waals surface area contributed by atoms with Crippen molar-refractivity contribution in [1.82, 2.24) is 4.98 Å². The molecule has 0 aliphatic heterocycles. The predicted molar refractivity (Wildman–Crippen MR) is 57.7 cm³/mol. The van der Waals surface area contributed by atoms with Crippen LogP contribution in [0.25, 0.3) is 0 Å². The number of nitrogens with one attached hydrogen (secondary N) is 1. The van der Waals surface area contributed by atoms with Crippen LogP contribution in [0.4, 0.5) is 5.82 Å². The minimum Gasteiger partial charge on any atom is -0.383 e. The van der Waals surface area contributed by atoms with E-state index in [9.17, 15) is 4.79 Å². The summed E-state index contributed by atoms with van der Waals surface area (Å²) in [5, 5.41) is 3.05. The van der Waals surface area contributed by atoms with Crippen molar-refractivity contribution in [3.63, 3.8) is 0 Å². The lowest BCUT2D eigenvalue weighted by atomic mass is 10.3. The van der Waals surface area contributed by atoms with Crippen molar-refractivity contribution in [1.29, 1.82) is 0 Å². The van der Waals surface area contributed by atoms with E-state index in [1.807, 2.05) is 0 Å². The van der Waals surface area contributed by atoms with E-state index >= 15 is 0 Å². The molecule has 3 N–H and O–H groups in total. The number of aromatic nitrogens is 1. The Morgan fingerprint density at radius 2 is 2.47 bits per heavy atom. The zero-order valence-corrected chi connectivity index (χ0v) is 8.99. The predicted octanol–water partition coefficient (Wildman–Crippen LogP) is 0.647. The molecule has 1 atom stereocenters. The van der Waals surface area contributed by atoms with Crippen molar-refractivity contribution >= 4 is 23.3 Å². The largest absolute Gasteiger partial charge is 0.383 e. The molecule has 0 saturated heterocycles. The van der Waals surface area contributed by atoms with Gasteiger partial charge in [-0.1, -0.05) is 11.6 Å². The molecule has 1 unspecified atom stereocenters. The van der Waals surface area contributed by atoms with E-state index in [-0.39, 0.29) is 12.5 Å². The molecule has 0 bridgehead atoms. The molecule has 0 saturated carbocycles. The summed E-state index contributed by atoms with van der Waals surface area (Å²) in [6.45, 7) is 0.166. The molecule has 1 heterocycles. The van der Waals surface area contributed by atoms with Gasteiger partial charge in [-0.3, -0.25) is 4.79 Å². The number of carbonyl (C=O) groups excluding carboxylic acids is 1. The lowest BCUT2D eigenvalue weighted by molar-refractivity contribution is -0.118. The Kier molecular flexibility index (Phi) is 4.48. The van der Waals surface area contributed by atoms with Crippen LogP contribution in [0.2, 0.25) is 5.02 Å². The summed E-state index contributed by atoms with van der Waals surface area (Å²) < 4.78 is 4.75. The number of nitrogens with two attached hydrogens (primary N) is 1. The van der Waals surface area contributed by atoms with Gasteiger partial charge < -0.3 is 15.8 Å². The normalized spacial score (nSPS) is 12.2. The first kappa shape index (κ1) is 11.9. The number of nitrogens with zero attached hydrogens (tertiary/aromatic N) is 1. The molecule has 1 aromatic heterocycles. The maximum Gasteiger partial charge on any atom is 0.244 e. The number of methoxy groups -OCH3 is 1. The van der Waals surface area contributed by atoms with Gasteiger partial charge in [0.15, 0.2) is 0 Å². The fourth-order valence-corrected chi connectivity index (χ4v) is 1.04. The molecule has 1 amide bonds. The van der Waals surface area contributed by atoms with E-state index in [0.29, 0.717) is 10.8 Å². The Balaban J connectivity index is 2.54. The number of pyridine rings is 1. The summed E-state index contributed by atoms with van der Waals surface area (Å²) >= 11 is 5.64. The van der Waals surface area contributed by atoms with Gasteiger partial charge in [0.1, 0.15) is 11.9 Å². The van der Waals surface area contributed by atoms with Crippen LogP contribution in [0, 0.1) is 0 Å². The number of ether oxygens (including phenoxy) is 1. The van der Waals surface area contributed by atoms with Gasteiger partial charge in [0.25, 0.3) is 0 Å². The highest BCUT2D eigenvalue weighted by atomic mass is 35.5. The van der Waals surface area contributed by atoms with Crippen LogP contribution < -0.4 is 11.1 Å². The number of hydrogen-bond donors (Lipinski definition) is 2. The first-order chi connectivity index (χ1) is 7.13. The van der Waals surface area contributed by atoms with Crippen LogP contribution in [-0.2, 0) is 9.53 Å². The average Bonchev–Trinajstić information content (AvgIpc) is 2.22. The quantitative estimate of drug-likeness (QED) is 0.795. The Morgan fingerprint density at radius 1 is 1.73 bits per heavy atom. The van der Waals surface area contributed by atoms with Gasteiger partial charge in [0.05, 0.1) is 11.6 Å². The summed E-state index contributed by atoms with van der Waals surface area (Å²) in [7, 11) is 1.48. The van der Waals surface area contributed by atoms with E-state index in [4.69, 9.17) is 22.1 Å². The molecular weight excluding hydrogens is 218 g/mol. The highest BCUT2D eigenvalue weighted by Crippen LogP contribution is 2.09. The summed E-state index contributed by atoms with van der Waals surface area (Å²) in [5.74, 6) is 0.0719. The molecule has 1 rings (SSSR count). The smallest absolute Gasteiger partial charge is 0.244 e. The number of hydrogen-bond acceptors (Lipinski definition) is 4. The van der Waals surface area contributed by atoms with E-state index in [1.54, 1.807) is 12.1 Å². The van der Waals surface area contributed by atoms with Crippen molar-refractivity contribution in [2.75, 3.05) is 19.0 Å². The summed E-state index contributed by atoms with van der Waals surface area (Å²) in [6, 6.07) is 2.53. The van der Waals surface area contributed by atoms with Gasteiger partial charge in [-0.2, -0.15) is 0 Å². The van der Waals surface area contributed by atoms with Gasteiger partial charge >= 0.3 is 0 Å². The Morgan fingerprint density at radius 3 is 3.00 bits per heavy atom. The number of carbonyl (C=O) groups is 1. The number of anilines is 1. The fourth-order valence-electron chi connectivity index (χ4n) is 0.924. The van der Waals surface area contributed by atoms with Crippen LogP contribution in [0.15, 0.2) is 18.3 Å². The number of amides is 1. The second kappa shape index (κ2) is 5.65. The van der Waals surface area contributed by atoms with Gasteiger partial charge in [-0.25, -0.2) is 4.98 Å². The van der Waals surface area contributed by atoms with E-state index in [0.717, 1.165) is 0 Å². The maximum absolute atomic E-state index is 11.4. The molecule has 6 heteroatoms. The van der Waals surface area contributed by atoms with Gasteiger partial charge in [0, 0.05) is 13.3 Å². The Hall–Kier alpha value is -1.17. The summed E-state index contributed by atoms with van der Waals surface area (Å²) in [5.41, 5.74) is 5.51. The zero-order chi connectivity index (χ0) is 11.3. The molecule has 5 nitrogen and oxygen atoms in total. The van der Waals surface area contributed by atoms with Crippen molar-refractivity contribution in [2.24, 2.45) is 5.73 Å². The maximum atomic E-state index is 11.4. The van der Waals surface area contributed by atoms with Crippen LogP contribution in [-0.4, -0.2) is 30.6 Å². The second-order valence-electron chi connectivity index (χ2n) is 2.91.